The van der Waals surface area contributed by atoms with E-state index in [9.17, 15) is 4.39 Å². The van der Waals surface area contributed by atoms with Gasteiger partial charge in [-0.1, -0.05) is 24.6 Å². The molecule has 3 heteroatoms. The van der Waals surface area contributed by atoms with Gasteiger partial charge in [-0.15, -0.1) is 11.8 Å². The fraction of sp³-hybridized carbons (Fsp3) is 0.429. The van der Waals surface area contributed by atoms with Gasteiger partial charge in [-0.2, -0.15) is 0 Å². The molecule has 1 aromatic carbocycles. The van der Waals surface area contributed by atoms with E-state index in [1.54, 1.807) is 12.1 Å². The first kappa shape index (κ1) is 14.0. The number of hydrogen-bond donors (Lipinski definition) is 1. The Hall–Kier alpha value is -1.04. The molecule has 92 valence electrons. The molecule has 1 aromatic rings. The second-order valence-corrected chi connectivity index (χ2v) is 4.16. The van der Waals surface area contributed by atoms with Crippen LogP contribution in [0.25, 0.3) is 0 Å². The first-order valence-electron chi connectivity index (χ1n) is 5.77. The lowest BCUT2D eigenvalue weighted by Crippen LogP contribution is -2.20. The molecule has 0 radical (unpaired) electrons. The summed E-state index contributed by atoms with van der Waals surface area (Å²) in [7, 11) is 0. The molecule has 0 aliphatic heterocycles. The van der Waals surface area contributed by atoms with E-state index in [1.807, 2.05) is 13.8 Å². The van der Waals surface area contributed by atoms with Gasteiger partial charge in [-0.25, -0.2) is 4.39 Å². The molecule has 0 saturated heterocycles. The Labute approximate surface area is 107 Å². The van der Waals surface area contributed by atoms with Crippen LogP contribution in [0.15, 0.2) is 18.2 Å². The topological polar surface area (TPSA) is 12.0 Å². The van der Waals surface area contributed by atoms with Gasteiger partial charge in [0.05, 0.1) is 5.02 Å². The first-order chi connectivity index (χ1) is 8.19. The molecule has 17 heavy (non-hydrogen) atoms. The Morgan fingerprint density at radius 1 is 1.47 bits per heavy atom. The molecule has 0 heterocycles. The molecule has 1 unspecified atom stereocenters. The lowest BCUT2D eigenvalue weighted by atomic mass is 10.0. The third-order valence-corrected chi connectivity index (χ3v) is 2.82. The van der Waals surface area contributed by atoms with E-state index in [4.69, 9.17) is 11.6 Å². The maximum absolute atomic E-state index is 13.1. The molecule has 1 atom stereocenters. The van der Waals surface area contributed by atoms with Crippen LogP contribution in [0, 0.1) is 17.7 Å². The summed E-state index contributed by atoms with van der Waals surface area (Å²) >= 11 is 5.79. The number of hydrogen-bond acceptors (Lipinski definition) is 1. The second-order valence-electron chi connectivity index (χ2n) is 3.75. The Morgan fingerprint density at radius 3 is 2.82 bits per heavy atom. The highest BCUT2D eigenvalue weighted by atomic mass is 35.5. The van der Waals surface area contributed by atoms with Gasteiger partial charge in [0.25, 0.3) is 0 Å². The van der Waals surface area contributed by atoms with E-state index in [-0.39, 0.29) is 16.9 Å². The highest BCUT2D eigenvalue weighted by molar-refractivity contribution is 6.30. The lowest BCUT2D eigenvalue weighted by Gasteiger charge is -2.17. The molecule has 0 bridgehead atoms. The monoisotopic (exact) mass is 253 g/mol. The lowest BCUT2D eigenvalue weighted by molar-refractivity contribution is 0.521. The molecule has 0 aliphatic rings. The molecule has 1 N–H and O–H groups in total. The summed E-state index contributed by atoms with van der Waals surface area (Å²) in [6.45, 7) is 4.74. The molecule has 0 saturated carbocycles. The van der Waals surface area contributed by atoms with Crippen LogP contribution in [0.4, 0.5) is 4.39 Å². The molecule has 0 fully saturated rings. The zero-order chi connectivity index (χ0) is 12.7. The van der Waals surface area contributed by atoms with Gasteiger partial charge in [0.1, 0.15) is 5.82 Å². The van der Waals surface area contributed by atoms with Crippen LogP contribution >= 0.6 is 11.6 Å². The Kier molecular flexibility index (Phi) is 6.04. The summed E-state index contributed by atoms with van der Waals surface area (Å²) < 4.78 is 13.1. The van der Waals surface area contributed by atoms with Crippen LogP contribution in [0.5, 0.6) is 0 Å². The molecular formula is C14H17ClFN. The smallest absolute Gasteiger partial charge is 0.141 e. The number of nitrogens with one attached hydrogen (secondary N) is 1. The van der Waals surface area contributed by atoms with Crippen molar-refractivity contribution in [1.29, 1.82) is 0 Å². The fourth-order valence-corrected chi connectivity index (χ4v) is 1.89. The molecule has 1 nitrogen and oxygen atoms in total. The van der Waals surface area contributed by atoms with Gasteiger partial charge in [0.2, 0.25) is 0 Å². The minimum Gasteiger partial charge on any atom is -0.310 e. The highest BCUT2D eigenvalue weighted by Gasteiger charge is 2.11. The summed E-state index contributed by atoms with van der Waals surface area (Å²) in [5.74, 6) is 5.53. The summed E-state index contributed by atoms with van der Waals surface area (Å²) in [6.07, 6.45) is 1.72. The predicted molar refractivity (Wildman–Crippen MR) is 70.5 cm³/mol. The summed E-state index contributed by atoms with van der Waals surface area (Å²) in [5, 5.41) is 3.53. The van der Waals surface area contributed by atoms with Crippen LogP contribution in [-0.2, 0) is 0 Å². The van der Waals surface area contributed by atoms with Crippen molar-refractivity contribution in [2.75, 3.05) is 6.54 Å². The van der Waals surface area contributed by atoms with Crippen molar-refractivity contribution in [2.45, 2.75) is 32.7 Å². The van der Waals surface area contributed by atoms with Gasteiger partial charge in [-0.05, 0) is 37.6 Å². The summed E-state index contributed by atoms with van der Waals surface area (Å²) in [6, 6.07) is 5.05. The van der Waals surface area contributed by atoms with Crippen molar-refractivity contribution in [2.24, 2.45) is 0 Å². The minimum absolute atomic E-state index is 0.173. The van der Waals surface area contributed by atoms with Gasteiger partial charge in [-0.3, -0.25) is 0 Å². The van der Waals surface area contributed by atoms with Crippen molar-refractivity contribution >= 4 is 11.6 Å². The van der Waals surface area contributed by atoms with Gasteiger partial charge in [0, 0.05) is 12.5 Å². The number of halogens is 2. The highest BCUT2D eigenvalue weighted by Crippen LogP contribution is 2.23. The van der Waals surface area contributed by atoms with Crippen molar-refractivity contribution in [3.63, 3.8) is 0 Å². The maximum Gasteiger partial charge on any atom is 0.141 e. The first-order valence-corrected chi connectivity index (χ1v) is 6.14. The average molecular weight is 254 g/mol. The van der Waals surface area contributed by atoms with E-state index in [0.29, 0.717) is 0 Å². The van der Waals surface area contributed by atoms with Crippen LogP contribution in [0.1, 0.15) is 38.3 Å². The Morgan fingerprint density at radius 2 is 2.24 bits per heavy atom. The molecule has 0 aliphatic carbocycles. The SMILES string of the molecule is CC#CCCC(NCC)c1ccc(F)c(Cl)c1. The molecule has 0 spiro atoms. The van der Waals surface area contributed by atoms with Crippen molar-refractivity contribution in [3.05, 3.63) is 34.6 Å². The van der Waals surface area contributed by atoms with Crippen LogP contribution < -0.4 is 5.32 Å². The molecule has 1 rings (SSSR count). The third kappa shape index (κ3) is 4.38. The third-order valence-electron chi connectivity index (χ3n) is 2.53. The number of rotatable bonds is 5. The number of benzene rings is 1. The zero-order valence-corrected chi connectivity index (χ0v) is 10.9. The van der Waals surface area contributed by atoms with E-state index in [1.165, 1.54) is 6.07 Å². The quantitative estimate of drug-likeness (QED) is 0.784. The predicted octanol–water partition coefficient (Wildman–Crippen LogP) is 3.93. The van der Waals surface area contributed by atoms with Crippen LogP contribution in [0.3, 0.4) is 0 Å². The second kappa shape index (κ2) is 7.32. The van der Waals surface area contributed by atoms with E-state index < -0.39 is 0 Å². The van der Waals surface area contributed by atoms with Crippen molar-refractivity contribution < 1.29 is 4.39 Å². The summed E-state index contributed by atoms with van der Waals surface area (Å²) in [5.41, 5.74) is 1.01. The zero-order valence-electron chi connectivity index (χ0n) is 10.2. The van der Waals surface area contributed by atoms with E-state index in [0.717, 1.165) is 24.9 Å². The van der Waals surface area contributed by atoms with Gasteiger partial charge >= 0.3 is 0 Å². The summed E-state index contributed by atoms with van der Waals surface area (Å²) in [4.78, 5) is 0. The molecule has 0 amide bonds. The van der Waals surface area contributed by atoms with E-state index >= 15 is 0 Å². The maximum atomic E-state index is 13.1. The van der Waals surface area contributed by atoms with Crippen molar-refractivity contribution in [1.82, 2.24) is 5.32 Å². The van der Waals surface area contributed by atoms with Gasteiger partial charge in [0.15, 0.2) is 0 Å². The average Bonchev–Trinajstić information content (AvgIpc) is 2.32. The molecule has 0 aromatic heterocycles. The van der Waals surface area contributed by atoms with Crippen LogP contribution in [0.2, 0.25) is 5.02 Å². The van der Waals surface area contributed by atoms with Gasteiger partial charge < -0.3 is 5.32 Å². The Bertz CT molecular complexity index is 420. The standard InChI is InChI=1S/C14H17ClFN/c1-3-5-6-7-14(17-4-2)11-8-9-13(16)12(15)10-11/h8-10,14,17H,4,6-7H2,1-2H3. The van der Waals surface area contributed by atoms with Crippen LogP contribution in [-0.4, -0.2) is 6.54 Å². The van der Waals surface area contributed by atoms with E-state index in [2.05, 4.69) is 17.2 Å². The molecular weight excluding hydrogens is 237 g/mol. The fourth-order valence-electron chi connectivity index (χ4n) is 1.70. The largest absolute Gasteiger partial charge is 0.310 e. The minimum atomic E-state index is -0.376. The normalized spacial score (nSPS) is 11.8. The van der Waals surface area contributed by atoms with Crippen molar-refractivity contribution in [3.8, 4) is 11.8 Å². The Balaban J connectivity index is 2.79.